The minimum Gasteiger partial charge on any atom is -0.106 e. The van der Waals surface area contributed by atoms with Crippen LogP contribution in [0.4, 0.5) is 0 Å². The largest absolute Gasteiger partial charge is 0.106 e. The zero-order chi connectivity index (χ0) is 46.1. The summed E-state index contributed by atoms with van der Waals surface area (Å²) in [6.07, 6.45) is 13.2. The van der Waals surface area contributed by atoms with Gasteiger partial charge in [0.2, 0.25) is 0 Å². The maximum Gasteiger partial charge on any atom is -0.0195 e. The zero-order valence-electron chi connectivity index (χ0n) is 38.0. The van der Waals surface area contributed by atoms with E-state index < -0.39 is 47.6 Å². The van der Waals surface area contributed by atoms with E-state index in [1.165, 1.54) is 104 Å². The summed E-state index contributed by atoms with van der Waals surface area (Å²) >= 11 is -0.722. The quantitative estimate of drug-likeness (QED) is 0.0560. The topological polar surface area (TPSA) is 0 Å². The van der Waals surface area contributed by atoms with Gasteiger partial charge in [0.15, 0.2) is 0 Å². The molecule has 0 spiro atoms. The second-order valence-electron chi connectivity index (χ2n) is 16.0. The van der Waals surface area contributed by atoms with E-state index >= 15 is 0 Å². The fourth-order valence-electron chi connectivity index (χ4n) is 8.41. The Morgan fingerprint density at radius 2 is 0.328 bits per heavy atom. The Morgan fingerprint density at radius 1 is 0.209 bits per heavy atom. The van der Waals surface area contributed by atoms with Gasteiger partial charge in [-0.3, -0.25) is 0 Å². The minimum absolute atomic E-state index is 0.188. The van der Waals surface area contributed by atoms with E-state index in [1.54, 1.807) is 0 Å². The Balaban J connectivity index is 0.00000216. The van der Waals surface area contributed by atoms with Crippen LogP contribution < -0.4 is 42.4 Å². The molecule has 0 saturated heterocycles. The van der Waals surface area contributed by atoms with Crippen LogP contribution in [0.3, 0.4) is 0 Å². The van der Waals surface area contributed by atoms with Crippen LogP contribution in [0, 0.1) is 0 Å². The Kier molecular flexibility index (Phi) is 23.7. The van der Waals surface area contributed by atoms with Crippen molar-refractivity contribution in [1.82, 2.24) is 0 Å². The average Bonchev–Trinajstić information content (AvgIpc) is 3.40. The summed E-state index contributed by atoms with van der Waals surface area (Å²) in [7, 11) is 7.76. The van der Waals surface area contributed by atoms with Crippen LogP contribution in [0.25, 0.3) is 0 Å². The number of hydrogen-bond acceptors (Lipinski definition) is 0. The van der Waals surface area contributed by atoms with Crippen LogP contribution in [0.15, 0.2) is 243 Å². The molecule has 0 fully saturated rings. The van der Waals surface area contributed by atoms with Gasteiger partial charge in [-0.15, -0.1) is 15.8 Å². The van der Waals surface area contributed by atoms with E-state index in [0.717, 1.165) is 0 Å². The van der Waals surface area contributed by atoms with E-state index in [2.05, 4.69) is 243 Å². The number of rotatable bonds is 23. The molecule has 9 heteroatoms. The van der Waals surface area contributed by atoms with Crippen molar-refractivity contribution in [2.24, 2.45) is 0 Å². The molecule has 0 bridgehead atoms. The smallest absolute Gasteiger partial charge is 0.0195 e. The van der Waals surface area contributed by atoms with Crippen molar-refractivity contribution in [3.63, 3.8) is 0 Å². The standard InChI is InChI=1S/C58H60P6.2ClH.Re/c1-9-25-51(26-10-1)61(52-27-11-2-12-28-52)47-43-59(44-48-62(53-29-13-3-14-30-53)54-31-15-4-16-32-54)41-42-60(45-49-63(55-33-17-5-18-34-55)56-35-19-6-20-36-56)46-50-64(57-37-21-7-22-38-57)58-39-23-8-24-40-58;;;/h1-40H,41-50H2;2*1H;/q;;;+2/p-2. The summed E-state index contributed by atoms with van der Waals surface area (Å²) in [5.74, 6) is 0. The molecule has 0 heterocycles. The Hall–Kier alpha value is -2.42. The molecule has 0 aliphatic rings. The van der Waals surface area contributed by atoms with Gasteiger partial charge in [-0.2, -0.15) is 0 Å². The second kappa shape index (κ2) is 30.3. The van der Waals surface area contributed by atoms with Gasteiger partial charge in [0.25, 0.3) is 0 Å². The third-order valence-corrected chi connectivity index (χ3v) is 28.8. The molecule has 0 aromatic heterocycles. The molecule has 0 nitrogen and oxygen atoms in total. The first-order valence-corrected chi connectivity index (χ1v) is 39.7. The van der Waals surface area contributed by atoms with Gasteiger partial charge >= 0.3 is 35.0 Å². The van der Waals surface area contributed by atoms with Gasteiger partial charge in [0, 0.05) is 0 Å². The summed E-state index contributed by atoms with van der Waals surface area (Å²) in [5, 5.41) is 12.1. The van der Waals surface area contributed by atoms with E-state index in [1.807, 2.05) is 0 Å². The molecular weight excluding hydrogens is 1140 g/mol. The molecule has 8 rings (SSSR count). The molecular formula is C58H60Cl2P6Re. The van der Waals surface area contributed by atoms with Crippen LogP contribution in [0.1, 0.15) is 0 Å². The molecule has 0 N–H and O–H groups in total. The van der Waals surface area contributed by atoms with E-state index in [-0.39, 0.29) is 15.8 Å². The van der Waals surface area contributed by atoms with Crippen molar-refractivity contribution < 1.29 is 15.9 Å². The molecule has 8 aromatic carbocycles. The van der Waals surface area contributed by atoms with Crippen LogP contribution in [0.5, 0.6) is 0 Å². The van der Waals surface area contributed by atoms with Gasteiger partial charge in [0.1, 0.15) is 0 Å². The summed E-state index contributed by atoms with van der Waals surface area (Å²) in [6, 6.07) is 91.6. The van der Waals surface area contributed by atoms with Gasteiger partial charge in [-0.1, -0.05) is 243 Å². The van der Waals surface area contributed by atoms with Crippen LogP contribution in [0.2, 0.25) is 0 Å². The number of hydrogen-bond donors (Lipinski definition) is 0. The Bertz CT molecular complexity index is 1990. The molecule has 67 heavy (non-hydrogen) atoms. The first-order valence-electron chi connectivity index (χ1n) is 23.0. The summed E-state index contributed by atoms with van der Waals surface area (Å²) in [4.78, 5) is 0. The molecule has 343 valence electrons. The molecule has 0 aliphatic heterocycles. The fourth-order valence-corrected chi connectivity index (χ4v) is 27.3. The third-order valence-electron chi connectivity index (χ3n) is 11.8. The predicted molar refractivity (Wildman–Crippen MR) is 311 cm³/mol. The SMILES string of the molecule is [Cl][Re][Cl].c1ccc(P(CCP(CCP(CCP(c2ccccc2)c2ccccc2)CCP(c2ccccc2)c2ccccc2)CCP(c2ccccc2)c2ccccc2)c2ccccc2)cc1. The van der Waals surface area contributed by atoms with Gasteiger partial charge in [-0.25, -0.2) is 0 Å². The Morgan fingerprint density at radius 3 is 0.463 bits per heavy atom. The van der Waals surface area contributed by atoms with Crippen molar-refractivity contribution in [2.45, 2.75) is 0 Å². The fraction of sp³-hybridized carbons (Fsp3) is 0.172. The monoisotopic (exact) mass is 1200 g/mol. The van der Waals surface area contributed by atoms with Crippen molar-refractivity contribution >= 4 is 109 Å². The normalized spacial score (nSPS) is 11.4. The number of benzene rings is 8. The molecule has 0 amide bonds. The first kappa shape index (κ1) is 52.4. The van der Waals surface area contributed by atoms with Crippen molar-refractivity contribution in [3.8, 4) is 0 Å². The number of halogens is 2. The molecule has 8 aromatic rings. The molecule has 0 saturated carbocycles. The predicted octanol–water partition coefficient (Wildman–Crippen LogP) is 13.9. The minimum atomic E-state index is -0.722. The zero-order valence-corrected chi connectivity index (χ0v) is 47.6. The maximum absolute atomic E-state index is 4.92. The summed E-state index contributed by atoms with van der Waals surface area (Å²) in [6.45, 7) is 0. The van der Waals surface area contributed by atoms with E-state index in [0.29, 0.717) is 0 Å². The molecule has 0 unspecified atom stereocenters. The Labute approximate surface area is 425 Å². The van der Waals surface area contributed by atoms with E-state index in [4.69, 9.17) is 19.1 Å². The molecule has 0 radical (unpaired) electrons. The maximum atomic E-state index is 4.92. The van der Waals surface area contributed by atoms with Gasteiger partial charge < -0.3 is 0 Å². The van der Waals surface area contributed by atoms with Crippen molar-refractivity contribution in [1.29, 1.82) is 0 Å². The molecule has 0 aliphatic carbocycles. The van der Waals surface area contributed by atoms with Crippen LogP contribution >= 0.6 is 66.6 Å². The van der Waals surface area contributed by atoms with Crippen LogP contribution in [-0.4, -0.2) is 61.6 Å². The van der Waals surface area contributed by atoms with Crippen molar-refractivity contribution in [3.05, 3.63) is 243 Å². The second-order valence-corrected chi connectivity index (χ2v) is 34.7. The van der Waals surface area contributed by atoms with Crippen molar-refractivity contribution in [2.75, 3.05) is 61.6 Å². The summed E-state index contributed by atoms with van der Waals surface area (Å²) < 4.78 is 0. The first-order chi connectivity index (χ1) is 33.2. The van der Waals surface area contributed by atoms with Crippen LogP contribution in [-0.2, 0) is 15.9 Å². The van der Waals surface area contributed by atoms with Gasteiger partial charge in [0.05, 0.1) is 0 Å². The third kappa shape index (κ3) is 17.1. The molecule has 0 atom stereocenters. The van der Waals surface area contributed by atoms with Gasteiger partial charge in [-0.05, 0) is 136 Å². The average molecular weight is 1200 g/mol. The summed E-state index contributed by atoms with van der Waals surface area (Å²) in [5.41, 5.74) is 0. The van der Waals surface area contributed by atoms with E-state index in [9.17, 15) is 0 Å².